The normalized spacial score (nSPS) is 10.5. The molecular weight excluding hydrogens is 296 g/mol. The first-order valence-corrected chi connectivity index (χ1v) is 5.98. The Hall–Kier alpha value is -2.08. The summed E-state index contributed by atoms with van der Waals surface area (Å²) in [5.41, 5.74) is 1.47. The molecule has 2 heterocycles. The van der Waals surface area contributed by atoms with Gasteiger partial charge in [0.05, 0.1) is 11.7 Å². The van der Waals surface area contributed by atoms with E-state index in [-0.39, 0.29) is 6.01 Å². The van der Waals surface area contributed by atoms with Gasteiger partial charge in [-0.15, -0.1) is 5.10 Å². The lowest BCUT2D eigenvalue weighted by Gasteiger charge is -2.03. The molecule has 18 heavy (non-hydrogen) atoms. The summed E-state index contributed by atoms with van der Waals surface area (Å²) in [6.07, 6.45) is 3.26. The van der Waals surface area contributed by atoms with Crippen LogP contribution in [0, 0.1) is 0 Å². The molecule has 0 aliphatic heterocycles. The average Bonchev–Trinajstić information content (AvgIpc) is 2.39. The van der Waals surface area contributed by atoms with Crippen molar-refractivity contribution in [2.75, 3.05) is 0 Å². The predicted octanol–water partition coefficient (Wildman–Crippen LogP) is 2.97. The molecule has 0 atom stereocenters. The van der Waals surface area contributed by atoms with E-state index >= 15 is 0 Å². The van der Waals surface area contributed by atoms with E-state index < -0.39 is 0 Å². The van der Waals surface area contributed by atoms with Gasteiger partial charge in [-0.05, 0) is 34.1 Å². The number of nitrogens with zero attached hydrogens (tertiary/aromatic N) is 4. The van der Waals surface area contributed by atoms with Gasteiger partial charge in [-0.2, -0.15) is 4.98 Å². The Morgan fingerprint density at radius 1 is 1.00 bits per heavy atom. The Morgan fingerprint density at radius 2 is 1.83 bits per heavy atom. The summed E-state index contributed by atoms with van der Waals surface area (Å²) in [7, 11) is 0. The first-order valence-electron chi connectivity index (χ1n) is 5.19. The van der Waals surface area contributed by atoms with Crippen LogP contribution in [-0.2, 0) is 0 Å². The Kier molecular flexibility index (Phi) is 2.85. The van der Waals surface area contributed by atoms with Gasteiger partial charge >= 0.3 is 6.01 Å². The molecule has 0 N–H and O–H groups in total. The molecule has 0 spiro atoms. The maximum Gasteiger partial charge on any atom is 0.341 e. The first kappa shape index (κ1) is 11.0. The summed E-state index contributed by atoms with van der Waals surface area (Å²) in [5, 5.41) is 7.94. The summed E-state index contributed by atoms with van der Waals surface area (Å²) in [6.45, 7) is 0. The van der Waals surface area contributed by atoms with Crippen molar-refractivity contribution in [2.45, 2.75) is 0 Å². The van der Waals surface area contributed by atoms with Gasteiger partial charge in [-0.25, -0.2) is 0 Å². The quantitative estimate of drug-likeness (QED) is 0.728. The minimum Gasteiger partial charge on any atom is -0.422 e. The smallest absolute Gasteiger partial charge is 0.341 e. The van der Waals surface area contributed by atoms with Gasteiger partial charge in [-0.3, -0.25) is 4.98 Å². The number of pyridine rings is 1. The highest BCUT2D eigenvalue weighted by Crippen LogP contribution is 2.21. The molecule has 1 aromatic carbocycles. The second-order valence-electron chi connectivity index (χ2n) is 3.52. The molecular formula is C12H7BrN4O. The third-order valence-corrected chi connectivity index (χ3v) is 2.66. The van der Waals surface area contributed by atoms with Crippen LogP contribution in [0.3, 0.4) is 0 Å². The average molecular weight is 303 g/mol. The molecule has 0 bridgehead atoms. The molecule has 0 saturated carbocycles. The van der Waals surface area contributed by atoms with Gasteiger partial charge in [-0.1, -0.05) is 17.2 Å². The van der Waals surface area contributed by atoms with Crippen LogP contribution in [0.2, 0.25) is 0 Å². The van der Waals surface area contributed by atoms with Gasteiger partial charge in [0.2, 0.25) is 0 Å². The molecule has 88 valence electrons. The number of ether oxygens (including phenoxy) is 1. The van der Waals surface area contributed by atoms with Crippen LogP contribution in [0.1, 0.15) is 0 Å². The maximum atomic E-state index is 5.49. The van der Waals surface area contributed by atoms with Crippen LogP contribution in [0.4, 0.5) is 0 Å². The van der Waals surface area contributed by atoms with E-state index in [0.717, 1.165) is 15.5 Å². The van der Waals surface area contributed by atoms with E-state index in [4.69, 9.17) is 4.74 Å². The minimum atomic E-state index is 0.202. The highest BCUT2D eigenvalue weighted by Gasteiger charge is 2.04. The van der Waals surface area contributed by atoms with Crippen LogP contribution in [-0.4, -0.2) is 20.2 Å². The predicted molar refractivity (Wildman–Crippen MR) is 69.3 cm³/mol. The number of aromatic nitrogens is 4. The van der Waals surface area contributed by atoms with E-state index in [9.17, 15) is 0 Å². The van der Waals surface area contributed by atoms with Crippen molar-refractivity contribution in [1.82, 2.24) is 20.2 Å². The molecule has 0 fully saturated rings. The number of hydrogen-bond acceptors (Lipinski definition) is 5. The van der Waals surface area contributed by atoms with E-state index in [1.165, 1.54) is 0 Å². The fourth-order valence-corrected chi connectivity index (χ4v) is 1.81. The van der Waals surface area contributed by atoms with Crippen LogP contribution < -0.4 is 4.74 Å². The molecule has 3 rings (SSSR count). The molecule has 0 saturated heterocycles. The zero-order valence-corrected chi connectivity index (χ0v) is 10.7. The van der Waals surface area contributed by atoms with Crippen molar-refractivity contribution in [3.8, 4) is 11.8 Å². The number of hydrogen-bond donors (Lipinski definition) is 0. The van der Waals surface area contributed by atoms with Crippen molar-refractivity contribution in [1.29, 1.82) is 0 Å². The molecule has 6 heteroatoms. The van der Waals surface area contributed by atoms with Crippen molar-refractivity contribution < 1.29 is 4.74 Å². The molecule has 0 unspecified atom stereocenters. The van der Waals surface area contributed by atoms with Crippen molar-refractivity contribution in [3.63, 3.8) is 0 Å². The van der Waals surface area contributed by atoms with Gasteiger partial charge in [0.25, 0.3) is 0 Å². The molecule has 5 nitrogen and oxygen atoms in total. The van der Waals surface area contributed by atoms with Crippen LogP contribution in [0.5, 0.6) is 11.8 Å². The summed E-state index contributed by atoms with van der Waals surface area (Å²) < 4.78 is 6.32. The van der Waals surface area contributed by atoms with E-state index in [1.807, 2.05) is 24.3 Å². The third kappa shape index (κ3) is 2.28. The monoisotopic (exact) mass is 302 g/mol. The Labute approximate surface area is 111 Å². The van der Waals surface area contributed by atoms with Gasteiger partial charge < -0.3 is 4.74 Å². The SMILES string of the molecule is Brc1cncc(Oc2nnc3ccccc3n2)c1. The second kappa shape index (κ2) is 4.66. The zero-order valence-electron chi connectivity index (χ0n) is 9.12. The Bertz CT molecular complexity index is 704. The highest BCUT2D eigenvalue weighted by molar-refractivity contribution is 9.10. The third-order valence-electron chi connectivity index (χ3n) is 2.23. The largest absolute Gasteiger partial charge is 0.422 e. The molecule has 2 aromatic heterocycles. The second-order valence-corrected chi connectivity index (χ2v) is 4.44. The first-order chi connectivity index (χ1) is 8.81. The van der Waals surface area contributed by atoms with Crippen molar-refractivity contribution in [3.05, 3.63) is 47.2 Å². The Morgan fingerprint density at radius 3 is 2.67 bits per heavy atom. The zero-order chi connectivity index (χ0) is 12.4. The summed E-state index contributed by atoms with van der Waals surface area (Å²) >= 11 is 3.32. The van der Waals surface area contributed by atoms with Crippen LogP contribution >= 0.6 is 15.9 Å². The molecule has 0 aliphatic rings. The number of benzene rings is 1. The van der Waals surface area contributed by atoms with Crippen LogP contribution in [0.25, 0.3) is 11.0 Å². The minimum absolute atomic E-state index is 0.202. The van der Waals surface area contributed by atoms with E-state index in [1.54, 1.807) is 18.5 Å². The lowest BCUT2D eigenvalue weighted by molar-refractivity contribution is 0.434. The fraction of sp³-hybridized carbons (Fsp3) is 0. The van der Waals surface area contributed by atoms with Crippen molar-refractivity contribution >= 4 is 27.0 Å². The van der Waals surface area contributed by atoms with Gasteiger partial charge in [0.15, 0.2) is 5.75 Å². The topological polar surface area (TPSA) is 60.8 Å². The fourth-order valence-electron chi connectivity index (χ4n) is 1.46. The molecule has 3 aromatic rings. The number of rotatable bonds is 2. The van der Waals surface area contributed by atoms with Crippen LogP contribution in [0.15, 0.2) is 47.2 Å². The highest BCUT2D eigenvalue weighted by atomic mass is 79.9. The summed E-state index contributed by atoms with van der Waals surface area (Å²) in [6, 6.07) is 9.47. The Balaban J connectivity index is 1.95. The summed E-state index contributed by atoms with van der Waals surface area (Å²) in [5.74, 6) is 0.557. The molecule has 0 radical (unpaired) electrons. The summed E-state index contributed by atoms with van der Waals surface area (Å²) in [4.78, 5) is 8.26. The molecule has 0 amide bonds. The number of halogens is 1. The lowest BCUT2D eigenvalue weighted by Crippen LogP contribution is -1.95. The number of fused-ring (bicyclic) bond motifs is 1. The van der Waals surface area contributed by atoms with Gasteiger partial charge in [0.1, 0.15) is 5.52 Å². The van der Waals surface area contributed by atoms with Gasteiger partial charge in [0, 0.05) is 10.7 Å². The van der Waals surface area contributed by atoms with E-state index in [2.05, 4.69) is 36.1 Å². The standard InChI is InChI=1S/C12H7BrN4O/c13-8-5-9(7-14-6-8)18-12-15-10-3-1-2-4-11(10)16-17-12/h1-7H. The van der Waals surface area contributed by atoms with Crippen molar-refractivity contribution in [2.24, 2.45) is 0 Å². The lowest BCUT2D eigenvalue weighted by atomic mass is 10.3. The molecule has 0 aliphatic carbocycles. The maximum absolute atomic E-state index is 5.49. The van der Waals surface area contributed by atoms with E-state index in [0.29, 0.717) is 5.75 Å². The number of para-hydroxylation sites is 1.